The number of fused-ring (bicyclic) bond motifs is 1. The molecule has 1 unspecified atom stereocenters. The number of hydrogen-bond donors (Lipinski definition) is 2. The zero-order chi connectivity index (χ0) is 19.3. The van der Waals surface area contributed by atoms with Crippen molar-refractivity contribution in [1.82, 2.24) is 19.9 Å². The Kier molecular flexibility index (Phi) is 6.00. The molecule has 3 aromatic rings. The van der Waals surface area contributed by atoms with Crippen LogP contribution in [0.4, 0.5) is 0 Å². The second kappa shape index (κ2) is 8.82. The highest BCUT2D eigenvalue weighted by Gasteiger charge is 2.22. The van der Waals surface area contributed by atoms with Crippen molar-refractivity contribution in [1.29, 1.82) is 0 Å². The smallest absolute Gasteiger partial charge is 0.271 e. The Bertz CT molecular complexity index is 948. The van der Waals surface area contributed by atoms with Crippen LogP contribution in [0.3, 0.4) is 0 Å². The van der Waals surface area contributed by atoms with E-state index in [0.717, 1.165) is 49.2 Å². The number of nitrogens with one attached hydrogen (secondary N) is 2. The summed E-state index contributed by atoms with van der Waals surface area (Å²) in [6, 6.07) is 16.5. The molecule has 1 fully saturated rings. The maximum atomic E-state index is 13.0. The van der Waals surface area contributed by atoms with E-state index in [1.54, 1.807) is 0 Å². The van der Waals surface area contributed by atoms with Gasteiger partial charge in [0.25, 0.3) is 5.91 Å². The van der Waals surface area contributed by atoms with Gasteiger partial charge in [-0.25, -0.2) is 0 Å². The molecule has 4 rings (SSSR count). The minimum absolute atomic E-state index is 0.0489. The Hall–Kier alpha value is -2.28. The monoisotopic (exact) mass is 394 g/mol. The van der Waals surface area contributed by atoms with E-state index in [9.17, 15) is 4.79 Å². The number of benzene rings is 2. The van der Waals surface area contributed by atoms with Crippen LogP contribution in [-0.2, 0) is 6.42 Å². The van der Waals surface area contributed by atoms with E-state index in [1.807, 2.05) is 24.3 Å². The summed E-state index contributed by atoms with van der Waals surface area (Å²) in [5.41, 5.74) is 3.04. The summed E-state index contributed by atoms with van der Waals surface area (Å²) in [4.78, 5) is 15.5. The summed E-state index contributed by atoms with van der Waals surface area (Å²) in [6.45, 7) is 6.99. The van der Waals surface area contributed by atoms with Crippen LogP contribution in [0.25, 0.3) is 10.1 Å². The first-order chi connectivity index (χ1) is 13.7. The zero-order valence-electron chi connectivity index (χ0n) is 16.1. The third-order valence-electron chi connectivity index (χ3n) is 5.18. The molecular weight excluding hydrogens is 368 g/mol. The molecule has 0 bridgehead atoms. The van der Waals surface area contributed by atoms with Crippen LogP contribution in [0.1, 0.15) is 21.6 Å². The third kappa shape index (κ3) is 4.58. The topological polar surface area (TPSA) is 57.3 Å². The minimum Gasteiger partial charge on any atom is -0.346 e. The first-order valence-electron chi connectivity index (χ1n) is 9.83. The highest BCUT2D eigenvalue weighted by Crippen LogP contribution is 2.22. The molecule has 5 nitrogen and oxygen atoms in total. The van der Waals surface area contributed by atoms with Gasteiger partial charge in [-0.1, -0.05) is 48.0 Å². The first kappa shape index (κ1) is 19.1. The predicted molar refractivity (Wildman–Crippen MR) is 115 cm³/mol. The van der Waals surface area contributed by atoms with Crippen molar-refractivity contribution < 1.29 is 4.79 Å². The fourth-order valence-corrected chi connectivity index (χ4v) is 4.57. The molecule has 1 saturated heterocycles. The van der Waals surface area contributed by atoms with Crippen molar-refractivity contribution in [3.05, 3.63) is 65.4 Å². The second-order valence-electron chi connectivity index (χ2n) is 7.44. The fourth-order valence-electron chi connectivity index (χ4n) is 3.79. The number of carbonyl (C=O) groups is 1. The number of carbonyl (C=O) groups excluding carboxylic acids is 1. The van der Waals surface area contributed by atoms with E-state index in [2.05, 4.69) is 51.1 Å². The molecule has 28 heavy (non-hydrogen) atoms. The molecule has 1 aliphatic heterocycles. The summed E-state index contributed by atoms with van der Waals surface area (Å²) >= 11 is 1.38. The SMILES string of the molecule is Cc1cccc(CC(CN2CCNCC2)NC(=O)c2nsc3ccccc23)c1. The number of hydrogen-bond acceptors (Lipinski definition) is 5. The Morgan fingerprint density at radius 2 is 2.04 bits per heavy atom. The van der Waals surface area contributed by atoms with Crippen molar-refractivity contribution in [2.45, 2.75) is 19.4 Å². The summed E-state index contributed by atoms with van der Waals surface area (Å²) in [7, 11) is 0. The molecule has 1 aliphatic rings. The lowest BCUT2D eigenvalue weighted by molar-refractivity contribution is 0.0919. The molecule has 6 heteroatoms. The summed E-state index contributed by atoms with van der Waals surface area (Å²) < 4.78 is 5.47. The average molecular weight is 395 g/mol. The number of aryl methyl sites for hydroxylation is 1. The maximum Gasteiger partial charge on any atom is 0.271 e. The molecule has 1 amide bonds. The van der Waals surface area contributed by atoms with Crippen molar-refractivity contribution in [3.63, 3.8) is 0 Å². The van der Waals surface area contributed by atoms with Crippen LogP contribution in [0, 0.1) is 6.92 Å². The Morgan fingerprint density at radius 1 is 1.21 bits per heavy atom. The largest absolute Gasteiger partial charge is 0.346 e. The molecule has 2 N–H and O–H groups in total. The van der Waals surface area contributed by atoms with Crippen molar-refractivity contribution >= 4 is 27.5 Å². The van der Waals surface area contributed by atoms with Crippen LogP contribution in [0.15, 0.2) is 48.5 Å². The van der Waals surface area contributed by atoms with Gasteiger partial charge in [0.2, 0.25) is 0 Å². The minimum atomic E-state index is -0.0785. The number of aromatic nitrogens is 1. The normalized spacial score (nSPS) is 16.2. The Balaban J connectivity index is 1.52. The molecule has 0 spiro atoms. The lowest BCUT2D eigenvalue weighted by Gasteiger charge is -2.31. The van der Waals surface area contributed by atoms with Crippen molar-refractivity contribution in [2.75, 3.05) is 32.7 Å². The molecule has 1 atom stereocenters. The van der Waals surface area contributed by atoms with Crippen LogP contribution >= 0.6 is 11.5 Å². The van der Waals surface area contributed by atoms with E-state index < -0.39 is 0 Å². The van der Waals surface area contributed by atoms with E-state index in [1.165, 1.54) is 22.7 Å². The molecule has 0 radical (unpaired) electrons. The van der Waals surface area contributed by atoms with Gasteiger partial charge in [0.15, 0.2) is 0 Å². The summed E-state index contributed by atoms with van der Waals surface area (Å²) in [5.74, 6) is -0.0785. The fraction of sp³-hybridized carbons (Fsp3) is 0.364. The van der Waals surface area contributed by atoms with Gasteiger partial charge >= 0.3 is 0 Å². The highest BCUT2D eigenvalue weighted by molar-refractivity contribution is 7.13. The maximum absolute atomic E-state index is 13.0. The number of nitrogens with zero attached hydrogens (tertiary/aromatic N) is 2. The molecule has 1 aromatic heterocycles. The lowest BCUT2D eigenvalue weighted by atomic mass is 10.0. The molecule has 2 heterocycles. The van der Waals surface area contributed by atoms with Crippen molar-refractivity contribution in [2.24, 2.45) is 0 Å². The second-order valence-corrected chi connectivity index (χ2v) is 8.25. The number of rotatable bonds is 6. The van der Waals surface area contributed by atoms with E-state index in [-0.39, 0.29) is 11.9 Å². The van der Waals surface area contributed by atoms with Gasteiger partial charge in [-0.2, -0.15) is 4.37 Å². The molecule has 0 saturated carbocycles. The summed E-state index contributed by atoms with van der Waals surface area (Å²) in [6.07, 6.45) is 0.819. The van der Waals surface area contributed by atoms with Crippen LogP contribution < -0.4 is 10.6 Å². The van der Waals surface area contributed by atoms with E-state index >= 15 is 0 Å². The quantitative estimate of drug-likeness (QED) is 0.675. The molecule has 146 valence electrons. The van der Waals surface area contributed by atoms with Gasteiger partial charge in [-0.15, -0.1) is 0 Å². The molecule has 0 aliphatic carbocycles. The standard InChI is InChI=1S/C22H26N4OS/c1-16-5-4-6-17(13-16)14-18(15-26-11-9-23-10-12-26)24-22(27)21-19-7-2-3-8-20(19)28-25-21/h2-8,13,18,23H,9-12,14-15H2,1H3,(H,24,27). The lowest BCUT2D eigenvalue weighted by Crippen LogP contribution is -2.51. The van der Waals surface area contributed by atoms with Crippen molar-refractivity contribution in [3.8, 4) is 0 Å². The zero-order valence-corrected chi connectivity index (χ0v) is 17.0. The third-order valence-corrected chi connectivity index (χ3v) is 6.01. The molecule has 2 aromatic carbocycles. The van der Waals surface area contributed by atoms with Gasteiger partial charge in [0.1, 0.15) is 5.69 Å². The van der Waals surface area contributed by atoms with E-state index in [4.69, 9.17) is 0 Å². The summed E-state index contributed by atoms with van der Waals surface area (Å²) in [5, 5.41) is 7.59. The van der Waals surface area contributed by atoms with Gasteiger partial charge in [0, 0.05) is 44.2 Å². The van der Waals surface area contributed by atoms with Gasteiger partial charge < -0.3 is 10.6 Å². The average Bonchev–Trinajstić information content (AvgIpc) is 3.13. The first-order valence-corrected chi connectivity index (χ1v) is 10.6. The van der Waals surface area contributed by atoms with Gasteiger partial charge in [-0.05, 0) is 36.5 Å². The van der Waals surface area contributed by atoms with Gasteiger partial charge in [-0.3, -0.25) is 9.69 Å². The van der Waals surface area contributed by atoms with Crippen LogP contribution in [-0.4, -0.2) is 53.9 Å². The number of piperazine rings is 1. The van der Waals surface area contributed by atoms with Gasteiger partial charge in [0.05, 0.1) is 4.70 Å². The Morgan fingerprint density at radius 3 is 2.86 bits per heavy atom. The highest BCUT2D eigenvalue weighted by atomic mass is 32.1. The van der Waals surface area contributed by atoms with E-state index in [0.29, 0.717) is 5.69 Å². The Labute approximate surface area is 169 Å². The number of amides is 1. The van der Waals surface area contributed by atoms with Crippen LogP contribution in [0.2, 0.25) is 0 Å². The van der Waals surface area contributed by atoms with Crippen LogP contribution in [0.5, 0.6) is 0 Å². The predicted octanol–water partition coefficient (Wildman–Crippen LogP) is 2.85. The molecular formula is C22H26N4OS.